The van der Waals surface area contributed by atoms with E-state index in [1.54, 1.807) is 6.08 Å². The highest BCUT2D eigenvalue weighted by Gasteiger charge is 2.22. The smallest absolute Gasteiger partial charge is 0.328 e. The summed E-state index contributed by atoms with van der Waals surface area (Å²) in [6.07, 6.45) is 2.48. The van der Waals surface area contributed by atoms with Crippen LogP contribution in [0.4, 0.5) is 0 Å². The molecule has 0 aromatic heterocycles. The number of carbonyl (C=O) groups is 1. The van der Waals surface area contributed by atoms with Crippen LogP contribution < -0.4 is 0 Å². The summed E-state index contributed by atoms with van der Waals surface area (Å²) >= 11 is 0. The molecule has 0 aromatic rings. The van der Waals surface area contributed by atoms with Gasteiger partial charge in [0.1, 0.15) is 0 Å². The summed E-state index contributed by atoms with van der Waals surface area (Å²) in [5.74, 6) is -0.925. The summed E-state index contributed by atoms with van der Waals surface area (Å²) in [5.41, 5.74) is 0. The zero-order valence-electron chi connectivity index (χ0n) is 6.51. The predicted octanol–water partition coefficient (Wildman–Crippen LogP) is -0.274. The van der Waals surface area contributed by atoms with Crippen LogP contribution in [0.25, 0.3) is 0 Å². The molecule has 70 valence electrons. The van der Waals surface area contributed by atoms with E-state index in [4.69, 9.17) is 10.2 Å². The summed E-state index contributed by atoms with van der Waals surface area (Å²) in [5, 5.41) is 17.1. The fourth-order valence-corrected chi connectivity index (χ4v) is 0.994. The molecule has 1 heterocycles. The molecular weight excluding hydrogens is 182 g/mol. The van der Waals surface area contributed by atoms with Crippen LogP contribution in [0.2, 0.25) is 0 Å². The van der Waals surface area contributed by atoms with E-state index in [9.17, 15) is 4.79 Å². The van der Waals surface area contributed by atoms with Crippen LogP contribution in [-0.2, 0) is 4.79 Å². The summed E-state index contributed by atoms with van der Waals surface area (Å²) < 4.78 is 0. The van der Waals surface area contributed by atoms with Crippen LogP contribution >= 0.6 is 12.4 Å². The normalized spacial score (nSPS) is 18.8. The van der Waals surface area contributed by atoms with Gasteiger partial charge < -0.3 is 10.2 Å². The largest absolute Gasteiger partial charge is 0.478 e. The molecule has 1 fully saturated rings. The molecule has 1 aliphatic heterocycles. The number of nitrogens with zero attached hydrogens (tertiary/aromatic N) is 1. The second kappa shape index (κ2) is 5.13. The van der Waals surface area contributed by atoms with Crippen molar-refractivity contribution in [2.24, 2.45) is 0 Å². The van der Waals surface area contributed by atoms with Crippen molar-refractivity contribution in [2.75, 3.05) is 19.6 Å². The monoisotopic (exact) mass is 193 g/mol. The number of aliphatic carboxylic acids is 1. The van der Waals surface area contributed by atoms with Gasteiger partial charge in [0.25, 0.3) is 0 Å². The molecule has 0 atom stereocenters. The summed E-state index contributed by atoms with van der Waals surface area (Å²) in [7, 11) is 0. The van der Waals surface area contributed by atoms with Crippen molar-refractivity contribution < 1.29 is 15.0 Å². The Hall–Kier alpha value is -0.580. The van der Waals surface area contributed by atoms with Gasteiger partial charge >= 0.3 is 5.97 Å². The van der Waals surface area contributed by atoms with Gasteiger partial charge in [0.2, 0.25) is 0 Å². The maximum absolute atomic E-state index is 10.00. The van der Waals surface area contributed by atoms with Crippen LogP contribution in [0.5, 0.6) is 0 Å². The van der Waals surface area contributed by atoms with Crippen molar-refractivity contribution in [3.63, 3.8) is 0 Å². The van der Waals surface area contributed by atoms with Crippen molar-refractivity contribution in [2.45, 2.75) is 6.10 Å². The number of halogens is 1. The predicted molar refractivity (Wildman–Crippen MR) is 46.5 cm³/mol. The minimum absolute atomic E-state index is 0. The lowest BCUT2D eigenvalue weighted by Gasteiger charge is -2.34. The van der Waals surface area contributed by atoms with E-state index in [-0.39, 0.29) is 18.5 Å². The number of likely N-dealkylation sites (tertiary alicyclic amines) is 1. The maximum Gasteiger partial charge on any atom is 0.328 e. The Morgan fingerprint density at radius 3 is 2.58 bits per heavy atom. The second-order valence-corrected chi connectivity index (χ2v) is 2.61. The van der Waals surface area contributed by atoms with Crippen molar-refractivity contribution >= 4 is 18.4 Å². The summed E-state index contributed by atoms with van der Waals surface area (Å²) in [4.78, 5) is 12.0. The fourth-order valence-electron chi connectivity index (χ4n) is 0.994. The van der Waals surface area contributed by atoms with Gasteiger partial charge in [0.05, 0.1) is 6.10 Å². The van der Waals surface area contributed by atoms with Gasteiger partial charge in [-0.15, -0.1) is 12.4 Å². The SMILES string of the molecule is Cl.O=C(O)/C=C/CN1CC(O)C1. The minimum Gasteiger partial charge on any atom is -0.478 e. The highest BCUT2D eigenvalue weighted by atomic mass is 35.5. The van der Waals surface area contributed by atoms with E-state index in [0.717, 1.165) is 6.08 Å². The molecular formula is C7H12ClNO3. The molecule has 4 nitrogen and oxygen atoms in total. The van der Waals surface area contributed by atoms with E-state index in [1.807, 2.05) is 4.90 Å². The lowest BCUT2D eigenvalue weighted by atomic mass is 10.2. The highest BCUT2D eigenvalue weighted by molar-refractivity contribution is 5.85. The summed E-state index contributed by atoms with van der Waals surface area (Å²) in [6, 6.07) is 0. The van der Waals surface area contributed by atoms with Crippen LogP contribution in [0.15, 0.2) is 12.2 Å². The number of β-amino-alcohol motifs (C(OH)–C–C–N with tert-alkyl or cyclic N) is 1. The molecule has 0 aromatic carbocycles. The number of carboxylic acid groups (broad SMARTS) is 1. The number of aliphatic hydroxyl groups excluding tert-OH is 1. The Kier molecular flexibility index (Phi) is 4.89. The third-order valence-electron chi connectivity index (χ3n) is 1.56. The quantitative estimate of drug-likeness (QED) is 0.606. The van der Waals surface area contributed by atoms with Gasteiger partial charge in [-0.05, 0) is 0 Å². The average molecular weight is 194 g/mol. The number of hydrogen-bond acceptors (Lipinski definition) is 3. The number of carboxylic acids is 1. The summed E-state index contributed by atoms with van der Waals surface area (Å²) in [6.45, 7) is 1.93. The van der Waals surface area contributed by atoms with Gasteiger partial charge in [0, 0.05) is 25.7 Å². The molecule has 0 aliphatic carbocycles. The number of aliphatic hydroxyl groups is 1. The number of hydrogen-bond donors (Lipinski definition) is 2. The Balaban J connectivity index is 0.00000121. The van der Waals surface area contributed by atoms with Gasteiger partial charge in [-0.1, -0.05) is 6.08 Å². The molecule has 0 radical (unpaired) electrons. The van der Waals surface area contributed by atoms with Crippen molar-refractivity contribution in [1.29, 1.82) is 0 Å². The average Bonchev–Trinajstić information content (AvgIpc) is 1.83. The van der Waals surface area contributed by atoms with Crippen molar-refractivity contribution in [1.82, 2.24) is 4.90 Å². The lowest BCUT2D eigenvalue weighted by Crippen LogP contribution is -2.50. The van der Waals surface area contributed by atoms with E-state index >= 15 is 0 Å². The Morgan fingerprint density at radius 1 is 1.58 bits per heavy atom. The molecule has 1 saturated heterocycles. The minimum atomic E-state index is -0.925. The number of rotatable bonds is 3. The molecule has 0 unspecified atom stereocenters. The Bertz CT molecular complexity index is 177. The second-order valence-electron chi connectivity index (χ2n) is 2.61. The molecule has 12 heavy (non-hydrogen) atoms. The zero-order chi connectivity index (χ0) is 8.27. The molecule has 0 saturated carbocycles. The maximum atomic E-state index is 10.00. The van der Waals surface area contributed by atoms with E-state index < -0.39 is 5.97 Å². The first kappa shape index (κ1) is 11.4. The first-order valence-electron chi connectivity index (χ1n) is 3.48. The van der Waals surface area contributed by atoms with Gasteiger partial charge in [-0.3, -0.25) is 4.90 Å². The molecule has 0 amide bonds. The third kappa shape index (κ3) is 3.71. The van der Waals surface area contributed by atoms with Crippen LogP contribution in [0, 0.1) is 0 Å². The lowest BCUT2D eigenvalue weighted by molar-refractivity contribution is -0.131. The third-order valence-corrected chi connectivity index (χ3v) is 1.56. The van der Waals surface area contributed by atoms with Crippen LogP contribution in [0.3, 0.4) is 0 Å². The fraction of sp³-hybridized carbons (Fsp3) is 0.571. The molecule has 2 N–H and O–H groups in total. The Labute approximate surface area is 76.9 Å². The van der Waals surface area contributed by atoms with E-state index in [2.05, 4.69) is 0 Å². The van der Waals surface area contributed by atoms with Crippen molar-refractivity contribution in [3.8, 4) is 0 Å². The van der Waals surface area contributed by atoms with Crippen LogP contribution in [-0.4, -0.2) is 46.8 Å². The first-order valence-corrected chi connectivity index (χ1v) is 3.48. The van der Waals surface area contributed by atoms with Crippen molar-refractivity contribution in [3.05, 3.63) is 12.2 Å². The molecule has 1 aliphatic rings. The molecule has 0 spiro atoms. The van der Waals surface area contributed by atoms with Gasteiger partial charge in [-0.25, -0.2) is 4.79 Å². The standard InChI is InChI=1S/C7H11NO3.ClH/c9-6-4-8(5-6)3-1-2-7(10)11;/h1-2,6,9H,3-5H2,(H,10,11);1H/b2-1+;. The molecule has 0 bridgehead atoms. The van der Waals surface area contributed by atoms with E-state index in [0.29, 0.717) is 19.6 Å². The van der Waals surface area contributed by atoms with E-state index in [1.165, 1.54) is 0 Å². The molecule has 5 heteroatoms. The Morgan fingerprint density at radius 2 is 2.17 bits per heavy atom. The van der Waals surface area contributed by atoms with Gasteiger partial charge in [-0.2, -0.15) is 0 Å². The topological polar surface area (TPSA) is 60.8 Å². The van der Waals surface area contributed by atoms with Crippen LogP contribution in [0.1, 0.15) is 0 Å². The zero-order valence-corrected chi connectivity index (χ0v) is 7.33. The van der Waals surface area contributed by atoms with Gasteiger partial charge in [0.15, 0.2) is 0 Å². The first-order chi connectivity index (χ1) is 5.18. The molecule has 1 rings (SSSR count). The highest BCUT2D eigenvalue weighted by Crippen LogP contribution is 2.05.